The van der Waals surface area contributed by atoms with Crippen LogP contribution in [0.25, 0.3) is 22.6 Å². The Morgan fingerprint density at radius 3 is 2.92 bits per heavy atom. The largest absolute Gasteiger partial charge is 0.454 e. The molecule has 3 aromatic rings. The summed E-state index contributed by atoms with van der Waals surface area (Å²) < 4.78 is 12.5. The van der Waals surface area contributed by atoms with Crippen molar-refractivity contribution in [2.45, 2.75) is 13.0 Å². The van der Waals surface area contributed by atoms with Crippen molar-refractivity contribution >= 4 is 22.6 Å². The molecule has 0 amide bonds. The minimum Gasteiger partial charge on any atom is -0.454 e. The van der Waals surface area contributed by atoms with E-state index < -0.39 is 0 Å². The van der Waals surface area contributed by atoms with E-state index in [-0.39, 0.29) is 12.4 Å². The quantitative estimate of drug-likeness (QED) is 0.692. The van der Waals surface area contributed by atoms with E-state index in [1.165, 1.54) is 0 Å². The molecule has 24 heavy (non-hydrogen) atoms. The summed E-state index contributed by atoms with van der Waals surface area (Å²) in [6.45, 7) is 0.934. The molecule has 118 valence electrons. The third-order valence-corrected chi connectivity index (χ3v) is 4.49. The maximum Gasteiger partial charge on any atom is 0.261 e. The molecule has 0 saturated heterocycles. The predicted molar refractivity (Wildman–Crippen MR) is 91.1 cm³/mol. The molecule has 0 spiro atoms. The van der Waals surface area contributed by atoms with Gasteiger partial charge in [-0.15, -0.1) is 0 Å². The van der Waals surface area contributed by atoms with Gasteiger partial charge in [-0.3, -0.25) is 9.36 Å². The summed E-state index contributed by atoms with van der Waals surface area (Å²) >= 11 is 0. The fraction of sp³-hybridized carbons (Fsp3) is 0.158. The van der Waals surface area contributed by atoms with E-state index in [0.717, 1.165) is 40.4 Å². The number of para-hydroxylation sites is 1. The third-order valence-electron chi connectivity index (χ3n) is 4.49. The van der Waals surface area contributed by atoms with Crippen LogP contribution in [0.5, 0.6) is 11.5 Å². The van der Waals surface area contributed by atoms with Gasteiger partial charge in [0.05, 0.1) is 10.9 Å². The molecular weight excluding hydrogens is 304 g/mol. The van der Waals surface area contributed by atoms with Gasteiger partial charge in [-0.05, 0) is 47.9 Å². The summed E-state index contributed by atoms with van der Waals surface area (Å²) in [5, 5.41) is 0.672. The number of rotatable bonds is 1. The third kappa shape index (κ3) is 1.94. The number of fused-ring (bicyclic) bond motifs is 3. The molecule has 0 unspecified atom stereocenters. The summed E-state index contributed by atoms with van der Waals surface area (Å²) in [4.78, 5) is 17.3. The van der Waals surface area contributed by atoms with Crippen molar-refractivity contribution in [3.63, 3.8) is 0 Å². The summed E-state index contributed by atoms with van der Waals surface area (Å²) in [6, 6.07) is 13.3. The van der Waals surface area contributed by atoms with E-state index in [1.54, 1.807) is 4.57 Å². The van der Waals surface area contributed by atoms with Crippen molar-refractivity contribution in [3.8, 4) is 11.5 Å². The topological polar surface area (TPSA) is 53.4 Å². The highest BCUT2D eigenvalue weighted by Gasteiger charge is 2.21. The Kier molecular flexibility index (Phi) is 2.76. The number of aromatic nitrogens is 2. The van der Waals surface area contributed by atoms with Crippen LogP contribution in [-0.2, 0) is 6.54 Å². The van der Waals surface area contributed by atoms with Crippen LogP contribution >= 0.6 is 0 Å². The molecule has 3 heterocycles. The molecule has 0 fully saturated rings. The van der Waals surface area contributed by atoms with Crippen LogP contribution in [-0.4, -0.2) is 16.3 Å². The van der Waals surface area contributed by atoms with Crippen molar-refractivity contribution in [3.05, 3.63) is 64.2 Å². The Labute approximate surface area is 137 Å². The highest BCUT2D eigenvalue weighted by molar-refractivity contribution is 5.85. The molecule has 0 N–H and O–H groups in total. The molecule has 2 aliphatic rings. The maximum absolute atomic E-state index is 12.6. The molecule has 2 aliphatic heterocycles. The first kappa shape index (κ1) is 13.4. The van der Waals surface area contributed by atoms with E-state index >= 15 is 0 Å². The van der Waals surface area contributed by atoms with Crippen LogP contribution < -0.4 is 15.0 Å². The molecule has 0 bridgehead atoms. The smallest absolute Gasteiger partial charge is 0.261 e. The van der Waals surface area contributed by atoms with Gasteiger partial charge in [0.25, 0.3) is 5.56 Å². The molecule has 0 aliphatic carbocycles. The number of ether oxygens (including phenoxy) is 2. The fourth-order valence-electron chi connectivity index (χ4n) is 3.31. The zero-order valence-electron chi connectivity index (χ0n) is 12.9. The standard InChI is InChI=1S/C19H14N2O3/c22-19-14-3-1-2-4-15(14)20-18-13(7-8-21(18)19)9-12-5-6-16-17(10-12)24-11-23-16/h1-6,9-10H,7-8,11H2/b13-9+. The van der Waals surface area contributed by atoms with E-state index in [1.807, 2.05) is 42.5 Å². The molecule has 0 atom stereocenters. The molecule has 0 saturated carbocycles. The van der Waals surface area contributed by atoms with Gasteiger partial charge in [0.1, 0.15) is 5.82 Å². The lowest BCUT2D eigenvalue weighted by Gasteiger charge is -2.05. The van der Waals surface area contributed by atoms with E-state index in [9.17, 15) is 4.79 Å². The Hall–Kier alpha value is -3.08. The molecule has 1 aromatic heterocycles. The Bertz CT molecular complexity index is 1070. The Balaban J connectivity index is 1.65. The number of hydrogen-bond acceptors (Lipinski definition) is 4. The second kappa shape index (κ2) is 4.96. The van der Waals surface area contributed by atoms with Gasteiger partial charge in [-0.25, -0.2) is 4.98 Å². The average Bonchev–Trinajstić information content (AvgIpc) is 3.22. The second-order valence-electron chi connectivity index (χ2n) is 5.94. The zero-order chi connectivity index (χ0) is 16.1. The van der Waals surface area contributed by atoms with Crippen LogP contribution in [0, 0.1) is 0 Å². The Morgan fingerprint density at radius 2 is 1.96 bits per heavy atom. The fourth-order valence-corrected chi connectivity index (χ4v) is 3.31. The van der Waals surface area contributed by atoms with Gasteiger partial charge in [-0.2, -0.15) is 0 Å². The van der Waals surface area contributed by atoms with Crippen molar-refractivity contribution in [1.82, 2.24) is 9.55 Å². The molecule has 2 aromatic carbocycles. The van der Waals surface area contributed by atoms with Crippen molar-refractivity contribution in [1.29, 1.82) is 0 Å². The van der Waals surface area contributed by atoms with Crippen molar-refractivity contribution in [2.75, 3.05) is 6.79 Å². The normalized spacial score (nSPS) is 16.8. The number of nitrogens with zero attached hydrogens (tertiary/aromatic N) is 2. The second-order valence-corrected chi connectivity index (χ2v) is 5.94. The number of benzene rings is 2. The highest BCUT2D eigenvalue weighted by Crippen LogP contribution is 2.34. The van der Waals surface area contributed by atoms with Crippen LogP contribution in [0.3, 0.4) is 0 Å². The first-order valence-electron chi connectivity index (χ1n) is 7.90. The van der Waals surface area contributed by atoms with Crippen LogP contribution in [0.2, 0.25) is 0 Å². The molecule has 5 heteroatoms. The van der Waals surface area contributed by atoms with Gasteiger partial charge in [0, 0.05) is 6.54 Å². The average molecular weight is 318 g/mol. The minimum absolute atomic E-state index is 0.0321. The molecular formula is C19H14N2O3. The van der Waals surface area contributed by atoms with Gasteiger partial charge >= 0.3 is 0 Å². The van der Waals surface area contributed by atoms with Crippen LogP contribution in [0.15, 0.2) is 47.3 Å². The first-order valence-corrected chi connectivity index (χ1v) is 7.90. The molecule has 0 radical (unpaired) electrons. The monoisotopic (exact) mass is 318 g/mol. The zero-order valence-corrected chi connectivity index (χ0v) is 12.9. The highest BCUT2D eigenvalue weighted by atomic mass is 16.7. The van der Waals surface area contributed by atoms with Gasteiger partial charge in [0.2, 0.25) is 6.79 Å². The number of hydrogen-bond donors (Lipinski definition) is 0. The van der Waals surface area contributed by atoms with Gasteiger partial charge in [0.15, 0.2) is 11.5 Å². The first-order chi connectivity index (χ1) is 11.8. The van der Waals surface area contributed by atoms with Crippen LogP contribution in [0.4, 0.5) is 0 Å². The summed E-state index contributed by atoms with van der Waals surface area (Å²) in [7, 11) is 0. The van der Waals surface area contributed by atoms with Crippen LogP contribution in [0.1, 0.15) is 17.8 Å². The summed E-state index contributed by atoms with van der Waals surface area (Å²) in [5.74, 6) is 2.28. The van der Waals surface area contributed by atoms with E-state index in [2.05, 4.69) is 6.08 Å². The lowest BCUT2D eigenvalue weighted by atomic mass is 10.1. The summed E-state index contributed by atoms with van der Waals surface area (Å²) in [5.41, 5.74) is 2.86. The Morgan fingerprint density at radius 1 is 1.08 bits per heavy atom. The SMILES string of the molecule is O=c1c2ccccc2nc2n1CC/C2=C\c1ccc2c(c1)OCO2. The van der Waals surface area contributed by atoms with Crippen molar-refractivity contribution < 1.29 is 9.47 Å². The van der Waals surface area contributed by atoms with Crippen molar-refractivity contribution in [2.24, 2.45) is 0 Å². The minimum atomic E-state index is 0.0321. The number of allylic oxidation sites excluding steroid dienone is 1. The maximum atomic E-state index is 12.6. The van der Waals surface area contributed by atoms with E-state index in [0.29, 0.717) is 11.9 Å². The molecule has 5 nitrogen and oxygen atoms in total. The van der Waals surface area contributed by atoms with E-state index in [4.69, 9.17) is 14.5 Å². The summed E-state index contributed by atoms with van der Waals surface area (Å²) in [6.07, 6.45) is 2.87. The molecule has 5 rings (SSSR count). The van der Waals surface area contributed by atoms with Gasteiger partial charge < -0.3 is 9.47 Å². The van der Waals surface area contributed by atoms with Gasteiger partial charge in [-0.1, -0.05) is 18.2 Å². The predicted octanol–water partition coefficient (Wildman–Crippen LogP) is 3.07. The lowest BCUT2D eigenvalue weighted by molar-refractivity contribution is 0.174. The lowest BCUT2D eigenvalue weighted by Crippen LogP contribution is -2.20.